The predicted molar refractivity (Wildman–Crippen MR) is 530 cm³/mol. The minimum atomic E-state index is 0.227. The van der Waals surface area contributed by atoms with Crippen LogP contribution in [0.2, 0.25) is 0 Å². The van der Waals surface area contributed by atoms with Crippen LogP contribution in [0.4, 0.5) is 68.2 Å². The maximum atomic E-state index is 6.60. The Hall–Kier alpha value is -12.2. The summed E-state index contributed by atoms with van der Waals surface area (Å²) in [6, 6.07) is 122. The number of hydrogen-bond donors (Lipinski definition) is 0. The summed E-state index contributed by atoms with van der Waals surface area (Å²) in [7, 11) is 0. The van der Waals surface area contributed by atoms with Gasteiger partial charge in [0.25, 0.3) is 0 Å². The number of nitrogens with zero attached hydrogens (tertiary/aromatic N) is 4. The summed E-state index contributed by atoms with van der Waals surface area (Å²) < 4.78 is 9.21. The van der Waals surface area contributed by atoms with Crippen LogP contribution in [0.15, 0.2) is 339 Å². The third-order valence-electron chi connectivity index (χ3n) is 30.5. The minimum absolute atomic E-state index is 0.227. The number of unbranched alkanes of at least 4 members (excludes halogenated alkanes) is 2. The predicted octanol–water partition coefficient (Wildman–Crippen LogP) is 33.5. The molecule has 4 unspecified atom stereocenters. The van der Waals surface area contributed by atoms with Crippen LogP contribution in [-0.4, -0.2) is 0 Å². The summed E-state index contributed by atoms with van der Waals surface area (Å²) in [5.74, 6) is 3.21. The van der Waals surface area contributed by atoms with E-state index in [9.17, 15) is 0 Å². The van der Waals surface area contributed by atoms with Crippen LogP contribution in [0, 0.1) is 30.6 Å². The van der Waals surface area contributed by atoms with Crippen molar-refractivity contribution in [3.05, 3.63) is 396 Å². The zero-order chi connectivity index (χ0) is 84.0. The highest BCUT2D eigenvalue weighted by Crippen LogP contribution is 2.68. The van der Waals surface area contributed by atoms with Crippen molar-refractivity contribution in [1.82, 2.24) is 0 Å². The molecule has 125 heavy (non-hydrogen) atoms. The number of rotatable bonds is 24. The van der Waals surface area contributed by atoms with E-state index < -0.39 is 0 Å². The van der Waals surface area contributed by atoms with E-state index in [0.29, 0.717) is 0 Å². The first-order valence-electron chi connectivity index (χ1n) is 46.6. The van der Waals surface area contributed by atoms with Gasteiger partial charge in [-0.3, -0.25) is 0 Å². The molecule has 5 nitrogen and oxygen atoms in total. The van der Waals surface area contributed by atoms with Crippen molar-refractivity contribution in [3.8, 4) is 0 Å². The summed E-state index contributed by atoms with van der Waals surface area (Å²) in [6.07, 6.45) is 29.3. The minimum Gasteiger partial charge on any atom is -0.456 e. The summed E-state index contributed by atoms with van der Waals surface area (Å²) in [5.41, 5.74) is 32.4. The molecular weight excluding hydrogens is 1530 g/mol. The molecule has 0 saturated heterocycles. The number of fused-ring (bicyclic) bond motifs is 7. The number of anilines is 12. The molecule has 0 amide bonds. The summed E-state index contributed by atoms with van der Waals surface area (Å²) in [4.78, 5) is 9.71. The van der Waals surface area contributed by atoms with Gasteiger partial charge in [-0.15, -0.1) is 11.3 Å². The summed E-state index contributed by atoms with van der Waals surface area (Å²) in [5, 5.41) is 4.82. The highest BCUT2D eigenvalue weighted by Gasteiger charge is 2.60. The number of aryl methyl sites for hydroxylation is 5. The molecule has 2 aromatic heterocycles. The lowest BCUT2D eigenvalue weighted by molar-refractivity contribution is -0.0282. The monoisotopic (exact) mass is 1640 g/mol. The second kappa shape index (κ2) is 32.4. The van der Waals surface area contributed by atoms with Crippen molar-refractivity contribution in [3.63, 3.8) is 0 Å². The van der Waals surface area contributed by atoms with Gasteiger partial charge in [-0.1, -0.05) is 209 Å². The van der Waals surface area contributed by atoms with Gasteiger partial charge in [0.1, 0.15) is 11.2 Å². The van der Waals surface area contributed by atoms with Crippen molar-refractivity contribution >= 4 is 134 Å². The maximum absolute atomic E-state index is 6.60. The number of para-hydroxylation sites is 2. The van der Waals surface area contributed by atoms with Crippen molar-refractivity contribution in [2.45, 2.75) is 171 Å². The van der Waals surface area contributed by atoms with Gasteiger partial charge >= 0.3 is 0 Å². The van der Waals surface area contributed by atoms with Crippen LogP contribution >= 0.6 is 11.3 Å². The molecule has 8 saturated carbocycles. The first-order chi connectivity index (χ1) is 61.3. The molecular formula is C119H112N4OS. The largest absolute Gasteiger partial charge is 0.456 e. The number of thiophene rings is 1. The van der Waals surface area contributed by atoms with Crippen LogP contribution in [0.5, 0.6) is 0 Å². The highest BCUT2D eigenvalue weighted by atomic mass is 32.1. The van der Waals surface area contributed by atoms with Gasteiger partial charge in [0.05, 0.1) is 0 Å². The van der Waals surface area contributed by atoms with E-state index in [0.717, 1.165) is 99.0 Å². The Bertz CT molecular complexity index is 6590. The molecule has 16 aromatic rings. The van der Waals surface area contributed by atoms with E-state index in [1.165, 1.54) is 208 Å². The number of hydrogen-bond acceptors (Lipinski definition) is 6. The molecule has 8 bridgehead atoms. The average molecular weight is 1650 g/mol. The Morgan fingerprint density at radius 1 is 0.320 bits per heavy atom. The van der Waals surface area contributed by atoms with E-state index in [1.807, 2.05) is 23.5 Å². The van der Waals surface area contributed by atoms with Gasteiger partial charge in [0, 0.05) is 99.2 Å². The molecule has 14 aromatic carbocycles. The summed E-state index contributed by atoms with van der Waals surface area (Å²) >= 11 is 1.88. The molecule has 0 radical (unpaired) electrons. The molecule has 6 heteroatoms. The van der Waals surface area contributed by atoms with E-state index in [4.69, 9.17) is 4.42 Å². The number of furan rings is 1. The fourth-order valence-corrected chi connectivity index (χ4v) is 26.2. The topological polar surface area (TPSA) is 26.1 Å². The van der Waals surface area contributed by atoms with Crippen LogP contribution in [-0.2, 0) is 47.3 Å². The third kappa shape index (κ3) is 14.6. The lowest BCUT2D eigenvalue weighted by Crippen LogP contribution is -2.55. The second-order valence-electron chi connectivity index (χ2n) is 38.6. The van der Waals surface area contributed by atoms with E-state index in [1.54, 1.807) is 16.7 Å². The Balaban J connectivity index is 0.000000148. The van der Waals surface area contributed by atoms with Gasteiger partial charge in [0.15, 0.2) is 0 Å². The Morgan fingerprint density at radius 2 is 0.624 bits per heavy atom. The Labute approximate surface area is 743 Å². The Morgan fingerprint density at radius 3 is 0.976 bits per heavy atom. The highest BCUT2D eigenvalue weighted by molar-refractivity contribution is 7.25. The molecule has 620 valence electrons. The molecule has 9 aliphatic carbocycles. The normalized spacial score (nSPS) is 21.7. The van der Waals surface area contributed by atoms with Crippen molar-refractivity contribution < 1.29 is 4.42 Å². The van der Waals surface area contributed by atoms with Crippen molar-refractivity contribution in [2.75, 3.05) is 19.6 Å². The maximum Gasteiger partial charge on any atom is 0.135 e. The average Bonchev–Trinajstić information content (AvgIpc) is 1.30. The molecule has 9 aliphatic rings. The van der Waals surface area contributed by atoms with Gasteiger partial charge in [-0.25, -0.2) is 0 Å². The number of benzene rings is 14. The zero-order valence-electron chi connectivity index (χ0n) is 72.7. The van der Waals surface area contributed by atoms with Crippen LogP contribution in [0.3, 0.4) is 0 Å². The van der Waals surface area contributed by atoms with Crippen LogP contribution in [0.25, 0.3) is 54.3 Å². The van der Waals surface area contributed by atoms with E-state index in [2.05, 4.69) is 375 Å². The van der Waals surface area contributed by atoms with Gasteiger partial charge in [-0.05, 0) is 393 Å². The van der Waals surface area contributed by atoms with E-state index >= 15 is 0 Å². The third-order valence-corrected chi connectivity index (χ3v) is 31.6. The second-order valence-corrected chi connectivity index (χ2v) is 39.6. The van der Waals surface area contributed by atoms with Gasteiger partial charge in [0.2, 0.25) is 0 Å². The fourth-order valence-electron chi connectivity index (χ4n) is 25.2. The van der Waals surface area contributed by atoms with Crippen LogP contribution in [0.1, 0.15) is 178 Å². The summed E-state index contributed by atoms with van der Waals surface area (Å²) in [6.45, 7) is 14.7. The fraction of sp³-hybridized carbons (Fsp3) is 0.261. The molecule has 0 N–H and O–H groups in total. The lowest BCUT2D eigenvalue weighted by Gasteiger charge is -2.63. The van der Waals surface area contributed by atoms with E-state index in [-0.39, 0.29) is 21.7 Å². The SMILES string of the molecule is C=Cc1ccc(C23CC4CC(C2)CC(c2ccc(N(c5ccc(CCCC)cc5)c5ccc6oc7ccc(N(c8ccc(C)cc8)c8ccc9c(c8)CC9)cc7c6c5)cc2)(C4)C3)cc1.C=Cc1ccc(C23CC4CC(C2)CC(c2ccc(N(c5ccc(CCCC)cc5)c5ccc6sc7ccc(N(c8ccccc8)c8ccccc8)cc7c6c5)cc2)(C4)C3)cc1. The lowest BCUT2D eigenvalue weighted by atomic mass is 9.41. The molecule has 2 heterocycles. The molecule has 0 aliphatic heterocycles. The molecule has 25 rings (SSSR count). The van der Waals surface area contributed by atoms with Gasteiger partial charge < -0.3 is 24.0 Å². The Kier molecular flexibility index (Phi) is 20.4. The van der Waals surface area contributed by atoms with Crippen molar-refractivity contribution in [2.24, 2.45) is 23.7 Å². The standard InChI is InChI=1S/C61H58N2O.C58H54N2S/c1-4-6-7-43-12-23-51(24-13-43)62(52-26-19-49(20-27-52)61-38-44-32-45(39-61)37-60(36-44,40-61)48-17-10-42(5-2)11-18-48)54-28-30-58-56(34-54)57-35-55(29-31-59(57)64-58)63(50-21-8-41(3)9-22-50)53-25-16-46-14-15-47(46)33-53;1-3-5-12-42-19-25-49(26-20-42)60(50-27-23-46(24-28-50)58-38-43-33-44(39-58)37-57(36-43,40-58)45-21-17-41(4-2)18-22-45)52-30-32-56-54(35-52)53-34-51(29-31-55(53)61-56)59(47-13-8-6-9-14-47)48-15-10-7-11-16-48/h5,8-13,16-31,33-35,44-45H,2,4,6-7,14-15,32,36-40H2,1,3H3;4,6-11,13-32,34-35,43-44H,2-3,5,12,33,36-40H2,1H3. The van der Waals surface area contributed by atoms with Crippen LogP contribution < -0.4 is 19.6 Å². The van der Waals surface area contributed by atoms with Gasteiger partial charge in [-0.2, -0.15) is 0 Å². The molecule has 4 atom stereocenters. The quantitative estimate of drug-likeness (QED) is 0.0601. The molecule has 0 spiro atoms. The zero-order valence-corrected chi connectivity index (χ0v) is 73.5. The van der Waals surface area contributed by atoms with Crippen molar-refractivity contribution in [1.29, 1.82) is 0 Å². The first kappa shape index (κ1) is 78.7. The first-order valence-corrected chi connectivity index (χ1v) is 47.4. The smallest absolute Gasteiger partial charge is 0.135 e. The molecule has 8 fully saturated rings.